The standard InChI is InChI=1S/C16H35N3/c1-6-7-16(12-17-15-8-9-15)19(13-14(2)3)11-10-18(4)5/h14-17H,6-13H2,1-5H3. The van der Waals surface area contributed by atoms with Crippen molar-refractivity contribution >= 4 is 0 Å². The van der Waals surface area contributed by atoms with Gasteiger partial charge in [-0.25, -0.2) is 0 Å². The van der Waals surface area contributed by atoms with E-state index in [-0.39, 0.29) is 0 Å². The molecule has 0 aromatic rings. The molecule has 1 aliphatic rings. The molecule has 1 aliphatic carbocycles. The van der Waals surface area contributed by atoms with Crippen molar-refractivity contribution in [2.75, 3.05) is 40.3 Å². The van der Waals surface area contributed by atoms with Crippen molar-refractivity contribution in [1.82, 2.24) is 15.1 Å². The lowest BCUT2D eigenvalue weighted by molar-refractivity contribution is 0.148. The van der Waals surface area contributed by atoms with Crippen LogP contribution in [0.15, 0.2) is 0 Å². The maximum Gasteiger partial charge on any atom is 0.0221 e. The van der Waals surface area contributed by atoms with Gasteiger partial charge in [-0.3, -0.25) is 4.90 Å². The van der Waals surface area contributed by atoms with E-state index in [4.69, 9.17) is 0 Å². The van der Waals surface area contributed by atoms with Crippen LogP contribution in [0, 0.1) is 5.92 Å². The van der Waals surface area contributed by atoms with Crippen LogP contribution >= 0.6 is 0 Å². The molecule has 1 saturated carbocycles. The summed E-state index contributed by atoms with van der Waals surface area (Å²) in [6.45, 7) is 11.7. The maximum absolute atomic E-state index is 3.73. The van der Waals surface area contributed by atoms with Gasteiger partial charge in [-0.2, -0.15) is 0 Å². The molecule has 0 aromatic carbocycles. The Balaban J connectivity index is 2.47. The first kappa shape index (κ1) is 16.9. The molecule has 0 saturated heterocycles. The van der Waals surface area contributed by atoms with Crippen molar-refractivity contribution in [3.05, 3.63) is 0 Å². The lowest BCUT2D eigenvalue weighted by Gasteiger charge is -2.34. The highest BCUT2D eigenvalue weighted by atomic mass is 15.2. The molecule has 0 aliphatic heterocycles. The summed E-state index contributed by atoms with van der Waals surface area (Å²) < 4.78 is 0. The number of likely N-dealkylation sites (N-methyl/N-ethyl adjacent to an activating group) is 1. The topological polar surface area (TPSA) is 18.5 Å². The zero-order valence-corrected chi connectivity index (χ0v) is 13.8. The first-order valence-electron chi connectivity index (χ1n) is 8.15. The SMILES string of the molecule is CCCC(CNC1CC1)N(CCN(C)C)CC(C)C. The van der Waals surface area contributed by atoms with Gasteiger partial charge in [0, 0.05) is 38.3 Å². The van der Waals surface area contributed by atoms with Gasteiger partial charge in [-0.1, -0.05) is 27.2 Å². The molecule has 1 fully saturated rings. The van der Waals surface area contributed by atoms with Crippen molar-refractivity contribution < 1.29 is 0 Å². The van der Waals surface area contributed by atoms with E-state index in [1.165, 1.54) is 45.3 Å². The van der Waals surface area contributed by atoms with Gasteiger partial charge < -0.3 is 10.2 Å². The Morgan fingerprint density at radius 3 is 2.32 bits per heavy atom. The third-order valence-corrected chi connectivity index (χ3v) is 3.79. The van der Waals surface area contributed by atoms with Crippen LogP contribution < -0.4 is 5.32 Å². The highest BCUT2D eigenvalue weighted by Crippen LogP contribution is 2.19. The van der Waals surface area contributed by atoms with E-state index in [0.29, 0.717) is 6.04 Å². The molecule has 0 aromatic heterocycles. The lowest BCUT2D eigenvalue weighted by Crippen LogP contribution is -2.46. The first-order chi connectivity index (χ1) is 9.02. The largest absolute Gasteiger partial charge is 0.312 e. The molecule has 3 heteroatoms. The van der Waals surface area contributed by atoms with Gasteiger partial charge in [-0.15, -0.1) is 0 Å². The van der Waals surface area contributed by atoms with Crippen LogP contribution in [0.25, 0.3) is 0 Å². The maximum atomic E-state index is 3.73. The summed E-state index contributed by atoms with van der Waals surface area (Å²) in [7, 11) is 4.34. The number of nitrogens with one attached hydrogen (secondary N) is 1. The van der Waals surface area contributed by atoms with Crippen LogP contribution in [-0.4, -0.2) is 62.2 Å². The van der Waals surface area contributed by atoms with Crippen LogP contribution in [0.5, 0.6) is 0 Å². The van der Waals surface area contributed by atoms with Crippen LogP contribution in [0.3, 0.4) is 0 Å². The van der Waals surface area contributed by atoms with E-state index in [1.807, 2.05) is 0 Å². The van der Waals surface area contributed by atoms with Crippen molar-refractivity contribution in [2.24, 2.45) is 5.92 Å². The van der Waals surface area contributed by atoms with Crippen LogP contribution in [-0.2, 0) is 0 Å². The summed E-state index contributed by atoms with van der Waals surface area (Å²) in [5.41, 5.74) is 0. The molecule has 114 valence electrons. The summed E-state index contributed by atoms with van der Waals surface area (Å²) in [6.07, 6.45) is 5.38. The monoisotopic (exact) mass is 269 g/mol. The molecule has 0 heterocycles. The molecular formula is C16H35N3. The molecule has 0 amide bonds. The first-order valence-corrected chi connectivity index (χ1v) is 8.15. The number of hydrogen-bond acceptors (Lipinski definition) is 3. The van der Waals surface area contributed by atoms with Crippen molar-refractivity contribution in [3.8, 4) is 0 Å². The Kier molecular flexibility index (Phi) is 7.96. The number of hydrogen-bond donors (Lipinski definition) is 1. The molecule has 0 radical (unpaired) electrons. The second kappa shape index (κ2) is 8.93. The molecule has 3 nitrogen and oxygen atoms in total. The third-order valence-electron chi connectivity index (χ3n) is 3.79. The highest BCUT2D eigenvalue weighted by Gasteiger charge is 2.24. The Hall–Kier alpha value is -0.120. The zero-order chi connectivity index (χ0) is 14.3. The van der Waals surface area contributed by atoms with E-state index in [9.17, 15) is 0 Å². The van der Waals surface area contributed by atoms with Crippen LogP contribution in [0.4, 0.5) is 0 Å². The Morgan fingerprint density at radius 2 is 1.84 bits per heavy atom. The predicted molar refractivity (Wildman–Crippen MR) is 84.7 cm³/mol. The van der Waals surface area contributed by atoms with Crippen LogP contribution in [0.2, 0.25) is 0 Å². The fraction of sp³-hybridized carbons (Fsp3) is 1.00. The minimum Gasteiger partial charge on any atom is -0.312 e. The summed E-state index contributed by atoms with van der Waals surface area (Å²) in [5.74, 6) is 0.752. The molecule has 0 bridgehead atoms. The van der Waals surface area contributed by atoms with Gasteiger partial charge in [0.05, 0.1) is 0 Å². The molecule has 1 unspecified atom stereocenters. The smallest absolute Gasteiger partial charge is 0.0221 e. The van der Waals surface area contributed by atoms with Gasteiger partial charge in [0.25, 0.3) is 0 Å². The van der Waals surface area contributed by atoms with Gasteiger partial charge in [0.2, 0.25) is 0 Å². The minimum absolute atomic E-state index is 0.716. The van der Waals surface area contributed by atoms with E-state index in [1.54, 1.807) is 0 Å². The zero-order valence-electron chi connectivity index (χ0n) is 13.8. The average molecular weight is 269 g/mol. The lowest BCUT2D eigenvalue weighted by atomic mass is 10.1. The van der Waals surface area contributed by atoms with E-state index in [2.05, 4.69) is 50.0 Å². The minimum atomic E-state index is 0.716. The Labute approximate surface area is 120 Å². The molecule has 0 spiro atoms. The van der Waals surface area contributed by atoms with Crippen molar-refractivity contribution in [2.45, 2.75) is 58.5 Å². The van der Waals surface area contributed by atoms with Crippen molar-refractivity contribution in [1.29, 1.82) is 0 Å². The van der Waals surface area contributed by atoms with E-state index >= 15 is 0 Å². The van der Waals surface area contributed by atoms with Gasteiger partial charge in [-0.05, 0) is 39.3 Å². The second-order valence-corrected chi connectivity index (χ2v) is 6.82. The molecule has 1 N–H and O–H groups in total. The Morgan fingerprint density at radius 1 is 1.16 bits per heavy atom. The average Bonchev–Trinajstić information content (AvgIpc) is 3.13. The molecular weight excluding hydrogens is 234 g/mol. The summed E-state index contributed by atoms with van der Waals surface area (Å²) in [6, 6.07) is 1.54. The molecule has 1 rings (SSSR count). The summed E-state index contributed by atoms with van der Waals surface area (Å²) in [5, 5.41) is 3.73. The van der Waals surface area contributed by atoms with Gasteiger partial charge in [0.15, 0.2) is 0 Å². The molecule has 1 atom stereocenters. The van der Waals surface area contributed by atoms with Crippen molar-refractivity contribution in [3.63, 3.8) is 0 Å². The highest BCUT2D eigenvalue weighted by molar-refractivity contribution is 4.84. The fourth-order valence-electron chi connectivity index (χ4n) is 2.56. The van der Waals surface area contributed by atoms with E-state index < -0.39 is 0 Å². The molecule has 19 heavy (non-hydrogen) atoms. The normalized spacial score (nSPS) is 17.7. The summed E-state index contributed by atoms with van der Waals surface area (Å²) >= 11 is 0. The van der Waals surface area contributed by atoms with Gasteiger partial charge >= 0.3 is 0 Å². The fourth-order valence-corrected chi connectivity index (χ4v) is 2.56. The summed E-state index contributed by atoms with van der Waals surface area (Å²) in [4.78, 5) is 5.01. The quantitative estimate of drug-likeness (QED) is 0.621. The van der Waals surface area contributed by atoms with Crippen LogP contribution in [0.1, 0.15) is 46.5 Å². The predicted octanol–water partition coefficient (Wildman–Crippen LogP) is 2.43. The second-order valence-electron chi connectivity index (χ2n) is 6.82. The Bertz CT molecular complexity index is 224. The van der Waals surface area contributed by atoms with E-state index in [0.717, 1.165) is 18.5 Å². The third kappa shape index (κ3) is 7.91. The number of nitrogens with zero attached hydrogens (tertiary/aromatic N) is 2. The van der Waals surface area contributed by atoms with Gasteiger partial charge in [0.1, 0.15) is 0 Å². The number of rotatable bonds is 11.